The maximum absolute atomic E-state index is 11.3. The topological polar surface area (TPSA) is 74.7 Å². The van der Waals surface area contributed by atoms with Crippen LogP contribution in [-0.2, 0) is 14.4 Å². The van der Waals surface area contributed by atoms with Gasteiger partial charge in [0.2, 0.25) is 0 Å². The number of aliphatic carboxylic acids is 1. The van der Waals surface area contributed by atoms with E-state index in [0.717, 1.165) is 6.42 Å². The Labute approximate surface area is 92.7 Å². The van der Waals surface area contributed by atoms with Crippen molar-refractivity contribution in [2.45, 2.75) is 19.3 Å². The third-order valence-electron chi connectivity index (χ3n) is 3.23. The molecule has 2 amide bonds. The zero-order valence-electron chi connectivity index (χ0n) is 8.76. The van der Waals surface area contributed by atoms with Crippen LogP contribution >= 0.6 is 0 Å². The summed E-state index contributed by atoms with van der Waals surface area (Å²) in [4.78, 5) is 34.5. The van der Waals surface area contributed by atoms with Crippen molar-refractivity contribution in [3.63, 3.8) is 0 Å². The van der Waals surface area contributed by atoms with Crippen molar-refractivity contribution >= 4 is 17.8 Å². The highest BCUT2D eigenvalue weighted by Crippen LogP contribution is 2.32. The van der Waals surface area contributed by atoms with Gasteiger partial charge in [-0.3, -0.25) is 19.3 Å². The molecule has 1 fully saturated rings. The fourth-order valence-electron chi connectivity index (χ4n) is 2.33. The van der Waals surface area contributed by atoms with Crippen molar-refractivity contribution in [3.05, 3.63) is 12.2 Å². The highest BCUT2D eigenvalue weighted by atomic mass is 16.4. The van der Waals surface area contributed by atoms with Crippen molar-refractivity contribution in [2.24, 2.45) is 11.8 Å². The van der Waals surface area contributed by atoms with E-state index in [0.29, 0.717) is 19.4 Å². The number of hydrogen-bond acceptors (Lipinski definition) is 3. The highest BCUT2D eigenvalue weighted by molar-refractivity contribution is 6.12. The quantitative estimate of drug-likeness (QED) is 0.703. The van der Waals surface area contributed by atoms with Crippen molar-refractivity contribution in [2.75, 3.05) is 6.54 Å². The normalized spacial score (nSPS) is 29.1. The Balaban J connectivity index is 1.90. The number of carbonyl (C=O) groups is 3. The molecule has 5 heteroatoms. The maximum atomic E-state index is 11.3. The molecule has 2 atom stereocenters. The van der Waals surface area contributed by atoms with Gasteiger partial charge >= 0.3 is 5.97 Å². The van der Waals surface area contributed by atoms with Crippen LogP contribution in [0.4, 0.5) is 0 Å². The minimum absolute atomic E-state index is 0.133. The molecule has 1 N–H and O–H groups in total. The molecule has 0 saturated heterocycles. The first-order valence-electron chi connectivity index (χ1n) is 5.34. The van der Waals surface area contributed by atoms with Crippen molar-refractivity contribution in [1.82, 2.24) is 4.90 Å². The summed E-state index contributed by atoms with van der Waals surface area (Å²) in [5.41, 5.74) is 0. The first kappa shape index (κ1) is 10.9. The first-order chi connectivity index (χ1) is 7.58. The minimum atomic E-state index is -0.778. The summed E-state index contributed by atoms with van der Waals surface area (Å²) in [7, 11) is 0. The number of carbonyl (C=O) groups excluding carboxylic acids is 2. The standard InChI is InChI=1S/C11H13NO4/c13-9-3-4-10(14)12(9)6-7-1-2-8(5-7)11(15)16/h3-4,7-8H,1-2,5-6H2,(H,15,16). The predicted octanol–water partition coefficient (Wildman–Crippen LogP) is 0.412. The summed E-state index contributed by atoms with van der Waals surface area (Å²) in [5, 5.41) is 8.84. The van der Waals surface area contributed by atoms with Crippen molar-refractivity contribution < 1.29 is 19.5 Å². The van der Waals surface area contributed by atoms with Gasteiger partial charge in [-0.05, 0) is 25.2 Å². The summed E-state index contributed by atoms with van der Waals surface area (Å²) in [6, 6.07) is 0. The van der Waals surface area contributed by atoms with Crippen LogP contribution < -0.4 is 0 Å². The monoisotopic (exact) mass is 223 g/mol. The van der Waals surface area contributed by atoms with Gasteiger partial charge in [0.25, 0.3) is 11.8 Å². The molecule has 1 aliphatic carbocycles. The van der Waals surface area contributed by atoms with Gasteiger partial charge in [0.15, 0.2) is 0 Å². The molecule has 86 valence electrons. The van der Waals surface area contributed by atoms with Gasteiger partial charge in [0.05, 0.1) is 5.92 Å². The van der Waals surface area contributed by atoms with Crippen LogP contribution in [0.5, 0.6) is 0 Å². The molecule has 1 saturated carbocycles. The van der Waals surface area contributed by atoms with Crippen LogP contribution in [0.25, 0.3) is 0 Å². The van der Waals surface area contributed by atoms with Crippen LogP contribution in [-0.4, -0.2) is 34.3 Å². The zero-order chi connectivity index (χ0) is 11.7. The summed E-state index contributed by atoms with van der Waals surface area (Å²) in [5.74, 6) is -1.54. The van der Waals surface area contributed by atoms with Gasteiger partial charge in [-0.2, -0.15) is 0 Å². The van der Waals surface area contributed by atoms with Gasteiger partial charge in [-0.15, -0.1) is 0 Å². The fourth-order valence-corrected chi connectivity index (χ4v) is 2.33. The van der Waals surface area contributed by atoms with E-state index in [1.807, 2.05) is 0 Å². The fraction of sp³-hybridized carbons (Fsp3) is 0.545. The van der Waals surface area contributed by atoms with E-state index in [9.17, 15) is 14.4 Å². The lowest BCUT2D eigenvalue weighted by Gasteiger charge is -2.18. The van der Waals surface area contributed by atoms with Crippen LogP contribution in [0.1, 0.15) is 19.3 Å². The van der Waals surface area contributed by atoms with E-state index < -0.39 is 5.97 Å². The SMILES string of the molecule is O=C(O)C1CCC(CN2C(=O)C=CC2=O)C1. The Hall–Kier alpha value is -1.65. The second-order valence-electron chi connectivity index (χ2n) is 4.33. The molecule has 16 heavy (non-hydrogen) atoms. The molecular formula is C11H13NO4. The maximum Gasteiger partial charge on any atom is 0.306 e. The lowest BCUT2D eigenvalue weighted by molar-refractivity contribution is -0.141. The van der Waals surface area contributed by atoms with Gasteiger partial charge in [-0.25, -0.2) is 0 Å². The first-order valence-corrected chi connectivity index (χ1v) is 5.34. The Bertz CT molecular complexity index is 356. The van der Waals surface area contributed by atoms with Crippen LogP contribution in [0.15, 0.2) is 12.2 Å². The molecule has 0 bridgehead atoms. The van der Waals surface area contributed by atoms with Gasteiger partial charge < -0.3 is 5.11 Å². The molecule has 2 aliphatic rings. The molecule has 2 unspecified atom stereocenters. The minimum Gasteiger partial charge on any atom is -0.481 e. The summed E-state index contributed by atoms with van der Waals surface area (Å²) < 4.78 is 0. The molecule has 0 aromatic heterocycles. The predicted molar refractivity (Wildman–Crippen MR) is 54.3 cm³/mol. The van der Waals surface area contributed by atoms with E-state index >= 15 is 0 Å². The van der Waals surface area contributed by atoms with E-state index in [1.165, 1.54) is 17.1 Å². The number of carboxylic acids is 1. The Kier molecular flexibility index (Phi) is 2.77. The summed E-state index contributed by atoms with van der Waals surface area (Å²) in [6.07, 6.45) is 4.49. The summed E-state index contributed by atoms with van der Waals surface area (Å²) >= 11 is 0. The second-order valence-corrected chi connectivity index (χ2v) is 4.33. The number of amides is 2. The van der Waals surface area contributed by atoms with Gasteiger partial charge in [0, 0.05) is 18.7 Å². The van der Waals surface area contributed by atoms with Crippen LogP contribution in [0.3, 0.4) is 0 Å². The average Bonchev–Trinajstić information content (AvgIpc) is 2.80. The Morgan fingerprint density at radius 2 is 1.94 bits per heavy atom. The van der Waals surface area contributed by atoms with Crippen molar-refractivity contribution in [1.29, 1.82) is 0 Å². The zero-order valence-corrected chi connectivity index (χ0v) is 8.76. The number of imide groups is 1. The Morgan fingerprint density at radius 1 is 1.31 bits per heavy atom. The van der Waals surface area contributed by atoms with Crippen molar-refractivity contribution in [3.8, 4) is 0 Å². The molecule has 1 aliphatic heterocycles. The third-order valence-corrected chi connectivity index (χ3v) is 3.23. The van der Waals surface area contributed by atoms with Crippen LogP contribution in [0, 0.1) is 11.8 Å². The number of hydrogen-bond donors (Lipinski definition) is 1. The van der Waals surface area contributed by atoms with Gasteiger partial charge in [-0.1, -0.05) is 0 Å². The molecular weight excluding hydrogens is 210 g/mol. The third kappa shape index (κ3) is 1.98. The molecule has 0 aromatic carbocycles. The molecule has 0 radical (unpaired) electrons. The Morgan fingerprint density at radius 3 is 2.44 bits per heavy atom. The van der Waals surface area contributed by atoms with Gasteiger partial charge in [0.1, 0.15) is 0 Å². The van der Waals surface area contributed by atoms with E-state index in [-0.39, 0.29) is 23.7 Å². The smallest absolute Gasteiger partial charge is 0.306 e. The second kappa shape index (κ2) is 4.08. The van der Waals surface area contributed by atoms with E-state index in [4.69, 9.17) is 5.11 Å². The molecule has 0 spiro atoms. The molecule has 5 nitrogen and oxygen atoms in total. The van der Waals surface area contributed by atoms with E-state index in [1.54, 1.807) is 0 Å². The summed E-state index contributed by atoms with van der Waals surface area (Å²) in [6.45, 7) is 0.356. The number of carboxylic acid groups (broad SMARTS) is 1. The molecule has 1 heterocycles. The lowest BCUT2D eigenvalue weighted by atomic mass is 10.0. The lowest BCUT2D eigenvalue weighted by Crippen LogP contribution is -2.34. The number of nitrogens with zero attached hydrogens (tertiary/aromatic N) is 1. The number of rotatable bonds is 3. The van der Waals surface area contributed by atoms with E-state index in [2.05, 4.69) is 0 Å². The average molecular weight is 223 g/mol. The molecule has 2 rings (SSSR count). The largest absolute Gasteiger partial charge is 0.481 e. The highest BCUT2D eigenvalue weighted by Gasteiger charge is 2.33. The van der Waals surface area contributed by atoms with Crippen LogP contribution in [0.2, 0.25) is 0 Å². The molecule has 0 aromatic rings.